The van der Waals surface area contributed by atoms with Crippen LogP contribution in [0.4, 0.5) is 5.69 Å². The molecule has 0 saturated heterocycles. The fraction of sp³-hybridized carbons (Fsp3) is 0.273. The van der Waals surface area contributed by atoms with Crippen molar-refractivity contribution in [2.45, 2.75) is 13.1 Å². The topological polar surface area (TPSA) is 96.7 Å². The number of anilines is 1. The lowest BCUT2D eigenvalue weighted by Crippen LogP contribution is -2.33. The van der Waals surface area contributed by atoms with Crippen LogP contribution >= 0.6 is 0 Å². The number of nitrogens with one attached hydrogen (secondary N) is 1. The fourth-order valence-corrected chi connectivity index (χ4v) is 2.05. The van der Waals surface area contributed by atoms with Crippen LogP contribution < -0.4 is 10.6 Å². The number of nitrogens with zero attached hydrogens (tertiary/aromatic N) is 5. The number of hydrogen-bond acceptors (Lipinski definition) is 5. The van der Waals surface area contributed by atoms with Crippen molar-refractivity contribution in [3.05, 3.63) is 36.2 Å². The first-order valence-electron chi connectivity index (χ1n) is 5.66. The summed E-state index contributed by atoms with van der Waals surface area (Å²) < 4.78 is 2.05. The Kier molecular flexibility index (Phi) is 2.44. The molecule has 0 radical (unpaired) electrons. The molecule has 1 aliphatic rings. The highest BCUT2D eigenvalue weighted by Crippen LogP contribution is 2.19. The number of hydrogen-bond donors (Lipinski definition) is 2. The van der Waals surface area contributed by atoms with Crippen LogP contribution in [0, 0.1) is 5.41 Å². The predicted octanol–water partition coefficient (Wildman–Crippen LogP) is -0.0226. The molecular weight excluding hydrogens is 230 g/mol. The maximum absolute atomic E-state index is 7.41. The van der Waals surface area contributed by atoms with Gasteiger partial charge in [0.05, 0.1) is 6.54 Å². The summed E-state index contributed by atoms with van der Waals surface area (Å²) in [4.78, 5) is 6.24. The van der Waals surface area contributed by atoms with E-state index in [9.17, 15) is 0 Å². The van der Waals surface area contributed by atoms with E-state index in [1.165, 1.54) is 0 Å². The molecule has 92 valence electrons. The van der Waals surface area contributed by atoms with Gasteiger partial charge in [-0.3, -0.25) is 10.4 Å². The third-order valence-electron chi connectivity index (χ3n) is 3.02. The van der Waals surface area contributed by atoms with Gasteiger partial charge in [0.15, 0.2) is 5.82 Å². The van der Waals surface area contributed by atoms with Gasteiger partial charge in [-0.25, -0.2) is 0 Å². The van der Waals surface area contributed by atoms with Crippen LogP contribution in [0.1, 0.15) is 11.5 Å². The van der Waals surface area contributed by atoms with Gasteiger partial charge in [-0.05, 0) is 12.1 Å². The Morgan fingerprint density at radius 1 is 1.39 bits per heavy atom. The van der Waals surface area contributed by atoms with E-state index in [2.05, 4.69) is 20.1 Å². The van der Waals surface area contributed by atoms with Crippen molar-refractivity contribution in [1.29, 1.82) is 5.41 Å². The van der Waals surface area contributed by atoms with Gasteiger partial charge in [-0.2, -0.15) is 0 Å². The van der Waals surface area contributed by atoms with Crippen LogP contribution in [0.5, 0.6) is 0 Å². The molecule has 0 aliphatic carbocycles. The van der Waals surface area contributed by atoms with Gasteiger partial charge >= 0.3 is 0 Å². The molecule has 0 spiro atoms. The number of nitrogens with two attached hydrogens (primary N) is 1. The zero-order valence-corrected chi connectivity index (χ0v) is 9.74. The van der Waals surface area contributed by atoms with Crippen molar-refractivity contribution < 1.29 is 0 Å². The van der Waals surface area contributed by atoms with Gasteiger partial charge in [0.1, 0.15) is 17.9 Å². The predicted molar refractivity (Wildman–Crippen MR) is 66.3 cm³/mol. The number of rotatable bonds is 2. The highest BCUT2D eigenvalue weighted by molar-refractivity contribution is 5.93. The summed E-state index contributed by atoms with van der Waals surface area (Å²) in [7, 11) is 0. The molecule has 0 atom stereocenters. The largest absolute Gasteiger partial charge is 0.382 e. The van der Waals surface area contributed by atoms with Crippen LogP contribution in [-0.2, 0) is 13.1 Å². The number of aromatic nitrogens is 4. The van der Waals surface area contributed by atoms with Gasteiger partial charge in [0.2, 0.25) is 0 Å². The van der Waals surface area contributed by atoms with E-state index in [1.54, 1.807) is 12.5 Å². The molecule has 7 heteroatoms. The average molecular weight is 243 g/mol. The first kappa shape index (κ1) is 10.7. The lowest BCUT2D eigenvalue weighted by molar-refractivity contribution is 0.560. The number of fused-ring (bicyclic) bond motifs is 1. The molecular formula is C11H13N7. The minimum atomic E-state index is -0.0166. The third-order valence-corrected chi connectivity index (χ3v) is 3.02. The molecule has 1 aliphatic heterocycles. The van der Waals surface area contributed by atoms with Crippen molar-refractivity contribution in [3.8, 4) is 0 Å². The van der Waals surface area contributed by atoms with E-state index in [-0.39, 0.29) is 5.84 Å². The molecule has 3 N–H and O–H groups in total. The van der Waals surface area contributed by atoms with Crippen molar-refractivity contribution in [3.63, 3.8) is 0 Å². The van der Waals surface area contributed by atoms with E-state index >= 15 is 0 Å². The summed E-state index contributed by atoms with van der Waals surface area (Å²) in [5.41, 5.74) is 6.95. The van der Waals surface area contributed by atoms with Crippen LogP contribution in [-0.4, -0.2) is 32.1 Å². The molecule has 0 fully saturated rings. The summed E-state index contributed by atoms with van der Waals surface area (Å²) in [6.45, 7) is 2.45. The van der Waals surface area contributed by atoms with E-state index in [1.807, 2.05) is 16.7 Å². The molecule has 18 heavy (non-hydrogen) atoms. The number of nitrogen functional groups attached to an aromatic ring is 1. The zero-order chi connectivity index (χ0) is 12.5. The van der Waals surface area contributed by atoms with Crippen molar-refractivity contribution in [1.82, 2.24) is 19.7 Å². The van der Waals surface area contributed by atoms with Crippen molar-refractivity contribution in [2.75, 3.05) is 11.4 Å². The molecule has 7 nitrogen and oxygen atoms in total. The maximum Gasteiger partial charge on any atom is 0.152 e. The Morgan fingerprint density at radius 2 is 2.28 bits per heavy atom. The summed E-state index contributed by atoms with van der Waals surface area (Å²) in [6.07, 6.45) is 3.42. The van der Waals surface area contributed by atoms with Crippen LogP contribution in [0.15, 0.2) is 24.7 Å². The van der Waals surface area contributed by atoms with Crippen molar-refractivity contribution in [2.24, 2.45) is 5.73 Å². The molecule has 0 saturated carbocycles. The molecule has 3 heterocycles. The Morgan fingerprint density at radius 3 is 3.11 bits per heavy atom. The lowest BCUT2D eigenvalue weighted by Gasteiger charge is -2.29. The van der Waals surface area contributed by atoms with Gasteiger partial charge in [0.25, 0.3) is 0 Å². The highest BCUT2D eigenvalue weighted by Gasteiger charge is 2.18. The molecule has 0 unspecified atom stereocenters. The number of pyridine rings is 1. The smallest absolute Gasteiger partial charge is 0.152 e. The Balaban J connectivity index is 1.88. The first-order chi connectivity index (χ1) is 8.74. The second kappa shape index (κ2) is 4.10. The molecule has 0 aromatic carbocycles. The minimum absolute atomic E-state index is 0.0166. The Bertz CT molecular complexity index is 589. The second-order valence-corrected chi connectivity index (χ2v) is 4.18. The van der Waals surface area contributed by atoms with Crippen molar-refractivity contribution >= 4 is 11.5 Å². The van der Waals surface area contributed by atoms with E-state index in [0.29, 0.717) is 12.2 Å². The summed E-state index contributed by atoms with van der Waals surface area (Å²) in [5, 5.41) is 15.4. The monoisotopic (exact) mass is 243 g/mol. The fourth-order valence-electron chi connectivity index (χ4n) is 2.05. The minimum Gasteiger partial charge on any atom is -0.382 e. The molecule has 2 aromatic rings. The van der Waals surface area contributed by atoms with E-state index in [4.69, 9.17) is 11.1 Å². The van der Waals surface area contributed by atoms with E-state index in [0.717, 1.165) is 24.6 Å². The van der Waals surface area contributed by atoms with Crippen LogP contribution in [0.25, 0.3) is 0 Å². The summed E-state index contributed by atoms with van der Waals surface area (Å²) in [5.74, 6) is 0.930. The zero-order valence-electron chi connectivity index (χ0n) is 9.74. The van der Waals surface area contributed by atoms with Gasteiger partial charge in [0, 0.05) is 25.0 Å². The third kappa shape index (κ3) is 1.79. The lowest BCUT2D eigenvalue weighted by atomic mass is 10.2. The average Bonchev–Trinajstić information content (AvgIpc) is 2.86. The second-order valence-electron chi connectivity index (χ2n) is 4.18. The highest BCUT2D eigenvalue weighted by atomic mass is 15.3. The van der Waals surface area contributed by atoms with Gasteiger partial charge < -0.3 is 15.2 Å². The van der Waals surface area contributed by atoms with Crippen LogP contribution in [0.2, 0.25) is 0 Å². The molecule has 0 amide bonds. The standard InChI is InChI=1S/C11H13N7/c12-11(13)9-5-8(1-2-14-9)17-3-4-18-7-15-16-10(18)6-17/h1-2,5,7H,3-4,6H2,(H3,12,13). The SMILES string of the molecule is N=C(N)c1cc(N2CCn3cnnc3C2)ccn1. The maximum atomic E-state index is 7.41. The molecule has 2 aromatic heterocycles. The van der Waals surface area contributed by atoms with Crippen LogP contribution in [0.3, 0.4) is 0 Å². The summed E-state index contributed by atoms with van der Waals surface area (Å²) in [6, 6.07) is 3.74. The number of amidine groups is 1. The summed E-state index contributed by atoms with van der Waals surface area (Å²) >= 11 is 0. The molecule has 3 rings (SSSR count). The first-order valence-corrected chi connectivity index (χ1v) is 5.66. The Hall–Kier alpha value is -2.44. The van der Waals surface area contributed by atoms with Gasteiger partial charge in [-0.1, -0.05) is 0 Å². The quantitative estimate of drug-likeness (QED) is 0.570. The molecule has 0 bridgehead atoms. The van der Waals surface area contributed by atoms with Gasteiger partial charge in [-0.15, -0.1) is 10.2 Å². The normalized spacial score (nSPS) is 14.3. The van der Waals surface area contributed by atoms with E-state index < -0.39 is 0 Å². The Labute approximate surface area is 104 Å².